The van der Waals surface area contributed by atoms with Crippen LogP contribution >= 0.6 is 0 Å². The second-order valence-corrected chi connectivity index (χ2v) is 4.89. The first-order chi connectivity index (χ1) is 8.75. The quantitative estimate of drug-likeness (QED) is 0.830. The molecule has 1 aromatic heterocycles. The van der Waals surface area contributed by atoms with E-state index in [0.29, 0.717) is 0 Å². The molecule has 3 nitrogen and oxygen atoms in total. The Hall–Kier alpha value is -1.74. The number of hydrogen-bond acceptors (Lipinski definition) is 3. The fourth-order valence-corrected chi connectivity index (χ4v) is 2.58. The third kappa shape index (κ3) is 1.91. The lowest BCUT2D eigenvalue weighted by Gasteiger charge is -2.19. The molecule has 2 aromatic rings. The summed E-state index contributed by atoms with van der Waals surface area (Å²) in [7, 11) is 0. The molecule has 3 rings (SSSR count). The van der Waals surface area contributed by atoms with Crippen molar-refractivity contribution in [3.05, 3.63) is 46.9 Å². The van der Waals surface area contributed by atoms with Crippen molar-refractivity contribution in [2.45, 2.75) is 26.8 Å². The summed E-state index contributed by atoms with van der Waals surface area (Å²) >= 11 is 0. The van der Waals surface area contributed by atoms with Crippen LogP contribution in [0.15, 0.2) is 24.5 Å². The van der Waals surface area contributed by atoms with Gasteiger partial charge in [0.1, 0.15) is 6.33 Å². The summed E-state index contributed by atoms with van der Waals surface area (Å²) in [6.45, 7) is 6.15. The van der Waals surface area contributed by atoms with Gasteiger partial charge in [0.25, 0.3) is 0 Å². The van der Waals surface area contributed by atoms with E-state index >= 15 is 0 Å². The molecule has 1 aromatic carbocycles. The van der Waals surface area contributed by atoms with Gasteiger partial charge in [-0.1, -0.05) is 23.8 Å². The van der Waals surface area contributed by atoms with Crippen LogP contribution in [0.4, 0.5) is 0 Å². The van der Waals surface area contributed by atoms with Gasteiger partial charge in [-0.25, -0.2) is 9.97 Å². The van der Waals surface area contributed by atoms with Crippen LogP contribution in [0.2, 0.25) is 0 Å². The lowest BCUT2D eigenvalue weighted by atomic mass is 9.96. The number of nitrogens with zero attached hydrogens (tertiary/aromatic N) is 2. The molecule has 0 saturated heterocycles. The van der Waals surface area contributed by atoms with Gasteiger partial charge < -0.3 is 5.32 Å². The van der Waals surface area contributed by atoms with Crippen molar-refractivity contribution in [1.29, 1.82) is 0 Å². The average molecular weight is 239 g/mol. The highest BCUT2D eigenvalue weighted by atomic mass is 14.9. The van der Waals surface area contributed by atoms with E-state index in [0.717, 1.165) is 25.2 Å². The lowest BCUT2D eigenvalue weighted by molar-refractivity contribution is 0.627. The van der Waals surface area contributed by atoms with Crippen molar-refractivity contribution in [1.82, 2.24) is 15.3 Å². The Kier molecular flexibility index (Phi) is 2.84. The topological polar surface area (TPSA) is 37.8 Å². The predicted octanol–water partition coefficient (Wildman–Crippen LogP) is 2.41. The highest BCUT2D eigenvalue weighted by molar-refractivity contribution is 5.67. The van der Waals surface area contributed by atoms with Crippen LogP contribution in [-0.4, -0.2) is 16.5 Å². The Morgan fingerprint density at radius 3 is 2.89 bits per heavy atom. The number of aromatic nitrogens is 2. The Morgan fingerprint density at radius 1 is 1.17 bits per heavy atom. The largest absolute Gasteiger partial charge is 0.312 e. The number of hydrogen-bond donors (Lipinski definition) is 1. The molecule has 3 heteroatoms. The summed E-state index contributed by atoms with van der Waals surface area (Å²) in [5, 5.41) is 3.40. The molecular weight excluding hydrogens is 222 g/mol. The molecule has 0 saturated carbocycles. The summed E-state index contributed by atoms with van der Waals surface area (Å²) in [6.07, 6.45) is 2.69. The number of rotatable bonds is 1. The maximum absolute atomic E-state index is 4.50. The second-order valence-electron chi connectivity index (χ2n) is 4.89. The maximum Gasteiger partial charge on any atom is 0.116 e. The molecule has 1 aliphatic rings. The molecule has 0 amide bonds. The molecule has 2 heterocycles. The summed E-state index contributed by atoms with van der Waals surface area (Å²) in [5.41, 5.74) is 7.33. The zero-order valence-electron chi connectivity index (χ0n) is 10.8. The minimum atomic E-state index is 0.874. The number of nitrogens with one attached hydrogen (secondary N) is 1. The molecule has 0 aliphatic carbocycles. The molecular formula is C15H17N3. The smallest absolute Gasteiger partial charge is 0.116 e. The van der Waals surface area contributed by atoms with Gasteiger partial charge in [-0.2, -0.15) is 0 Å². The number of fused-ring (bicyclic) bond motifs is 1. The molecule has 0 unspecified atom stereocenters. The Balaban J connectivity index is 2.17. The highest BCUT2D eigenvalue weighted by Gasteiger charge is 2.17. The van der Waals surface area contributed by atoms with Gasteiger partial charge in [0.05, 0.1) is 11.4 Å². The van der Waals surface area contributed by atoms with Gasteiger partial charge in [-0.15, -0.1) is 0 Å². The predicted molar refractivity (Wildman–Crippen MR) is 72.4 cm³/mol. The van der Waals surface area contributed by atoms with E-state index in [-0.39, 0.29) is 0 Å². The minimum Gasteiger partial charge on any atom is -0.312 e. The first kappa shape index (κ1) is 11.4. The third-order valence-electron chi connectivity index (χ3n) is 3.51. The van der Waals surface area contributed by atoms with E-state index in [2.05, 4.69) is 47.3 Å². The average Bonchev–Trinajstić information content (AvgIpc) is 2.38. The highest BCUT2D eigenvalue weighted by Crippen LogP contribution is 2.27. The van der Waals surface area contributed by atoms with Crippen molar-refractivity contribution >= 4 is 0 Å². The molecule has 92 valence electrons. The van der Waals surface area contributed by atoms with Crippen LogP contribution in [0.1, 0.15) is 22.4 Å². The van der Waals surface area contributed by atoms with Crippen LogP contribution in [0.5, 0.6) is 0 Å². The third-order valence-corrected chi connectivity index (χ3v) is 3.51. The molecule has 1 N–H and O–H groups in total. The Bertz CT molecular complexity index is 590. The molecule has 0 atom stereocenters. The number of aryl methyl sites for hydroxylation is 2. The van der Waals surface area contributed by atoms with Crippen LogP contribution in [0.25, 0.3) is 11.3 Å². The van der Waals surface area contributed by atoms with E-state index < -0.39 is 0 Å². The Labute approximate surface area is 107 Å². The summed E-state index contributed by atoms with van der Waals surface area (Å²) in [6, 6.07) is 6.52. The Morgan fingerprint density at radius 2 is 2.06 bits per heavy atom. The normalized spacial score (nSPS) is 14.3. The minimum absolute atomic E-state index is 0.874. The van der Waals surface area contributed by atoms with Crippen molar-refractivity contribution < 1.29 is 0 Å². The van der Waals surface area contributed by atoms with Gasteiger partial charge in [-0.05, 0) is 19.4 Å². The molecule has 1 aliphatic heterocycles. The van der Waals surface area contributed by atoms with Gasteiger partial charge in [0.15, 0.2) is 0 Å². The van der Waals surface area contributed by atoms with Gasteiger partial charge in [-0.3, -0.25) is 0 Å². The number of benzene rings is 1. The first-order valence-electron chi connectivity index (χ1n) is 6.37. The summed E-state index contributed by atoms with van der Waals surface area (Å²) < 4.78 is 0. The second kappa shape index (κ2) is 4.50. The molecule has 18 heavy (non-hydrogen) atoms. The first-order valence-corrected chi connectivity index (χ1v) is 6.37. The lowest BCUT2D eigenvalue weighted by Crippen LogP contribution is -2.25. The van der Waals surface area contributed by atoms with E-state index in [1.165, 1.54) is 27.9 Å². The monoisotopic (exact) mass is 239 g/mol. The molecule has 0 spiro atoms. The van der Waals surface area contributed by atoms with Crippen molar-refractivity contribution in [3.8, 4) is 11.3 Å². The van der Waals surface area contributed by atoms with Crippen LogP contribution < -0.4 is 5.32 Å². The van der Waals surface area contributed by atoms with Crippen LogP contribution in [0, 0.1) is 13.8 Å². The van der Waals surface area contributed by atoms with Gasteiger partial charge in [0, 0.05) is 30.6 Å². The standard InChI is InChI=1S/C15H17N3/c1-10-3-4-12(11(2)7-10)15-13-8-16-6-5-14(13)17-9-18-15/h3-4,7,9,16H,5-6,8H2,1-2H3. The van der Waals surface area contributed by atoms with Crippen LogP contribution in [-0.2, 0) is 13.0 Å². The van der Waals surface area contributed by atoms with Crippen LogP contribution in [0.3, 0.4) is 0 Å². The van der Waals surface area contributed by atoms with E-state index in [1.54, 1.807) is 6.33 Å². The SMILES string of the molecule is Cc1ccc(-c2ncnc3c2CNCC3)c(C)c1. The fraction of sp³-hybridized carbons (Fsp3) is 0.333. The zero-order valence-corrected chi connectivity index (χ0v) is 10.8. The van der Waals surface area contributed by atoms with E-state index in [4.69, 9.17) is 0 Å². The molecule has 0 radical (unpaired) electrons. The summed E-state index contributed by atoms with van der Waals surface area (Å²) in [4.78, 5) is 8.90. The van der Waals surface area contributed by atoms with E-state index in [1.807, 2.05) is 0 Å². The van der Waals surface area contributed by atoms with Crippen molar-refractivity contribution in [2.75, 3.05) is 6.54 Å². The van der Waals surface area contributed by atoms with E-state index in [9.17, 15) is 0 Å². The maximum atomic E-state index is 4.50. The van der Waals surface area contributed by atoms with Gasteiger partial charge in [0.2, 0.25) is 0 Å². The van der Waals surface area contributed by atoms with Gasteiger partial charge >= 0.3 is 0 Å². The van der Waals surface area contributed by atoms with Crippen molar-refractivity contribution in [3.63, 3.8) is 0 Å². The summed E-state index contributed by atoms with van der Waals surface area (Å²) in [5.74, 6) is 0. The zero-order chi connectivity index (χ0) is 12.5. The fourth-order valence-electron chi connectivity index (χ4n) is 2.58. The molecule has 0 bridgehead atoms. The van der Waals surface area contributed by atoms with Crippen molar-refractivity contribution in [2.24, 2.45) is 0 Å². The molecule has 0 fully saturated rings.